The summed E-state index contributed by atoms with van der Waals surface area (Å²) < 4.78 is 0. The molecule has 1 aliphatic heterocycles. The van der Waals surface area contributed by atoms with Crippen LogP contribution in [0.4, 0.5) is 0 Å². The summed E-state index contributed by atoms with van der Waals surface area (Å²) in [5, 5.41) is 10.9. The van der Waals surface area contributed by atoms with Crippen LogP contribution in [0.25, 0.3) is 0 Å². The molecule has 0 bridgehead atoms. The van der Waals surface area contributed by atoms with E-state index in [9.17, 15) is 0 Å². The lowest BCUT2D eigenvalue weighted by Crippen LogP contribution is -1.92. The van der Waals surface area contributed by atoms with Crippen molar-refractivity contribution in [3.8, 4) is 0 Å². The van der Waals surface area contributed by atoms with Gasteiger partial charge in [-0.15, -0.1) is 0 Å². The Morgan fingerprint density at radius 1 is 1.75 bits per heavy atom. The fourth-order valence-corrected chi connectivity index (χ4v) is 0.476. The molecule has 3 nitrogen and oxygen atoms in total. The summed E-state index contributed by atoms with van der Waals surface area (Å²) in [5.74, 6) is -0.153. The van der Waals surface area contributed by atoms with Crippen molar-refractivity contribution in [2.45, 2.75) is 0 Å². The highest BCUT2D eigenvalue weighted by atomic mass is 32.1. The van der Waals surface area contributed by atoms with E-state index in [0.717, 1.165) is 0 Å². The van der Waals surface area contributed by atoms with Crippen LogP contribution in [-0.4, -0.2) is 22.4 Å². The molecule has 0 saturated carbocycles. The van der Waals surface area contributed by atoms with Crippen molar-refractivity contribution >= 4 is 29.5 Å². The molecule has 0 atom stereocenters. The fraction of sp³-hybridized carbons (Fsp3) is 0. The van der Waals surface area contributed by atoms with Crippen molar-refractivity contribution in [1.29, 1.82) is 0 Å². The summed E-state index contributed by atoms with van der Waals surface area (Å²) in [7, 11) is 0. The number of hydrogen-bond acceptors (Lipinski definition) is 3. The van der Waals surface area contributed by atoms with Crippen LogP contribution in [0.15, 0.2) is 15.7 Å². The van der Waals surface area contributed by atoms with Gasteiger partial charge < -0.3 is 5.11 Å². The standard InChI is InChI=1S/C4H2N2OS/c7-4-3(1-8)5-2-6-4/h2H,(H,5,6,7). The van der Waals surface area contributed by atoms with Crippen LogP contribution >= 0.6 is 12.2 Å². The molecule has 1 N–H and O–H groups in total. The zero-order valence-electron chi connectivity index (χ0n) is 3.83. The molecule has 0 spiro atoms. The van der Waals surface area contributed by atoms with E-state index in [2.05, 4.69) is 27.2 Å². The predicted molar refractivity (Wildman–Crippen MR) is 34.7 cm³/mol. The predicted octanol–water partition coefficient (Wildman–Crippen LogP) is 0.467. The largest absolute Gasteiger partial charge is 0.491 e. The van der Waals surface area contributed by atoms with Crippen molar-refractivity contribution in [2.24, 2.45) is 9.98 Å². The maximum absolute atomic E-state index is 8.65. The quantitative estimate of drug-likeness (QED) is 0.479. The van der Waals surface area contributed by atoms with Crippen molar-refractivity contribution in [1.82, 2.24) is 0 Å². The molecule has 4 heteroatoms. The van der Waals surface area contributed by atoms with Crippen molar-refractivity contribution < 1.29 is 5.11 Å². The molecule has 1 aliphatic rings. The first-order chi connectivity index (χ1) is 3.84. The van der Waals surface area contributed by atoms with Gasteiger partial charge in [-0.1, -0.05) is 0 Å². The molecule has 0 aliphatic carbocycles. The van der Waals surface area contributed by atoms with Crippen LogP contribution in [0.5, 0.6) is 0 Å². The summed E-state index contributed by atoms with van der Waals surface area (Å²) in [6, 6.07) is 0. The molecule has 8 heavy (non-hydrogen) atoms. The number of aliphatic imine (C=N–C) groups is 2. The molecule has 0 aromatic rings. The average molecular weight is 126 g/mol. The van der Waals surface area contributed by atoms with Gasteiger partial charge in [0, 0.05) is 0 Å². The summed E-state index contributed by atoms with van der Waals surface area (Å²) >= 11 is 4.35. The minimum atomic E-state index is -0.153. The summed E-state index contributed by atoms with van der Waals surface area (Å²) in [5.41, 5.74) is 0.236. The Morgan fingerprint density at radius 3 is 2.75 bits per heavy atom. The zero-order valence-corrected chi connectivity index (χ0v) is 4.64. The summed E-state index contributed by atoms with van der Waals surface area (Å²) in [6.07, 6.45) is 1.23. The minimum absolute atomic E-state index is 0.153. The maximum Gasteiger partial charge on any atom is 0.248 e. The van der Waals surface area contributed by atoms with Gasteiger partial charge in [0.25, 0.3) is 0 Å². The van der Waals surface area contributed by atoms with E-state index in [1.807, 2.05) is 0 Å². The highest BCUT2D eigenvalue weighted by Crippen LogP contribution is 1.97. The van der Waals surface area contributed by atoms with Gasteiger partial charge in [-0.05, 0) is 17.2 Å². The molecule has 0 unspecified atom stereocenters. The number of thiocarbonyl (C=S) groups is 1. The molecule has 0 fully saturated rings. The zero-order chi connectivity index (χ0) is 5.98. The lowest BCUT2D eigenvalue weighted by molar-refractivity contribution is 0.557. The van der Waals surface area contributed by atoms with Crippen LogP contribution in [-0.2, 0) is 0 Å². The highest BCUT2D eigenvalue weighted by Gasteiger charge is 2.04. The van der Waals surface area contributed by atoms with E-state index in [4.69, 9.17) is 5.11 Å². The number of hydrogen-bond donors (Lipinski definition) is 1. The van der Waals surface area contributed by atoms with Crippen LogP contribution in [0.3, 0.4) is 0 Å². The maximum atomic E-state index is 8.65. The van der Waals surface area contributed by atoms with E-state index in [-0.39, 0.29) is 11.6 Å². The molecule has 0 radical (unpaired) electrons. The van der Waals surface area contributed by atoms with Gasteiger partial charge in [0.15, 0.2) is 5.70 Å². The van der Waals surface area contributed by atoms with Crippen molar-refractivity contribution in [3.63, 3.8) is 0 Å². The van der Waals surface area contributed by atoms with Gasteiger partial charge >= 0.3 is 0 Å². The van der Waals surface area contributed by atoms with Crippen LogP contribution in [0, 0.1) is 0 Å². The van der Waals surface area contributed by atoms with E-state index >= 15 is 0 Å². The normalized spacial score (nSPS) is 16.0. The first-order valence-electron chi connectivity index (χ1n) is 1.89. The van der Waals surface area contributed by atoms with E-state index < -0.39 is 0 Å². The second-order valence-electron chi connectivity index (χ2n) is 1.15. The van der Waals surface area contributed by atoms with Gasteiger partial charge in [-0.25, -0.2) is 4.99 Å². The number of nitrogens with zero attached hydrogens (tertiary/aromatic N) is 2. The third kappa shape index (κ3) is 0.665. The van der Waals surface area contributed by atoms with E-state index in [0.29, 0.717) is 0 Å². The first-order valence-corrected chi connectivity index (χ1v) is 2.30. The SMILES string of the molecule is OC1=NC=NC1=C=S. The van der Waals surface area contributed by atoms with Crippen LogP contribution < -0.4 is 0 Å². The van der Waals surface area contributed by atoms with E-state index in [1.165, 1.54) is 6.34 Å². The minimum Gasteiger partial charge on any atom is -0.491 e. The topological polar surface area (TPSA) is 45.0 Å². The van der Waals surface area contributed by atoms with Gasteiger partial charge in [0.1, 0.15) is 6.34 Å². The smallest absolute Gasteiger partial charge is 0.248 e. The summed E-state index contributed by atoms with van der Waals surface area (Å²) in [4.78, 5) is 6.96. The number of aliphatic hydroxyl groups excluding tert-OH is 1. The highest BCUT2D eigenvalue weighted by molar-refractivity contribution is 7.78. The average Bonchev–Trinajstić information content (AvgIpc) is 2.14. The Morgan fingerprint density at radius 2 is 2.50 bits per heavy atom. The Balaban J connectivity index is 3.05. The summed E-state index contributed by atoms with van der Waals surface area (Å²) in [6.45, 7) is 0. The molecular formula is C4H2N2OS. The van der Waals surface area contributed by atoms with Crippen molar-refractivity contribution in [2.75, 3.05) is 0 Å². The third-order valence-electron chi connectivity index (χ3n) is 0.675. The Labute approximate surface area is 51.1 Å². The molecule has 0 aromatic heterocycles. The van der Waals surface area contributed by atoms with E-state index in [1.54, 1.807) is 0 Å². The Kier molecular flexibility index (Phi) is 1.20. The lowest BCUT2D eigenvalue weighted by atomic mass is 10.5. The second kappa shape index (κ2) is 1.86. The number of aliphatic hydroxyl groups is 1. The molecule has 0 saturated heterocycles. The second-order valence-corrected chi connectivity index (χ2v) is 1.35. The van der Waals surface area contributed by atoms with Gasteiger partial charge in [-0.3, -0.25) is 0 Å². The van der Waals surface area contributed by atoms with Crippen LogP contribution in [0.1, 0.15) is 0 Å². The molecular weight excluding hydrogens is 124 g/mol. The monoisotopic (exact) mass is 126 g/mol. The van der Waals surface area contributed by atoms with Crippen LogP contribution in [0.2, 0.25) is 0 Å². The molecule has 0 amide bonds. The van der Waals surface area contributed by atoms with Gasteiger partial charge in [0.05, 0.1) is 0 Å². The van der Waals surface area contributed by atoms with Gasteiger partial charge in [0.2, 0.25) is 5.90 Å². The Bertz CT molecular complexity index is 212. The lowest BCUT2D eigenvalue weighted by Gasteiger charge is -1.80. The fourth-order valence-electron chi connectivity index (χ4n) is 0.332. The molecule has 1 rings (SSSR count). The van der Waals surface area contributed by atoms with Gasteiger partial charge in [-0.2, -0.15) is 4.99 Å². The number of rotatable bonds is 0. The van der Waals surface area contributed by atoms with Crippen molar-refractivity contribution in [3.05, 3.63) is 5.70 Å². The third-order valence-corrected chi connectivity index (χ3v) is 0.869. The molecule has 40 valence electrons. The molecule has 0 aromatic carbocycles. The first kappa shape index (κ1) is 5.15. The molecule has 1 heterocycles. The Hall–Kier alpha value is -0.990.